The van der Waals surface area contributed by atoms with Gasteiger partial charge in [0.05, 0.1) is 16.4 Å². The summed E-state index contributed by atoms with van der Waals surface area (Å²) in [4.78, 5) is 0. The highest BCUT2D eigenvalue weighted by Gasteiger charge is 2.51. The van der Waals surface area contributed by atoms with Gasteiger partial charge in [0.2, 0.25) is 0 Å². The average molecular weight is 512 g/mol. The van der Waals surface area contributed by atoms with E-state index in [4.69, 9.17) is 4.74 Å². The van der Waals surface area contributed by atoms with Crippen molar-refractivity contribution >= 4 is 21.8 Å². The predicted molar refractivity (Wildman–Crippen MR) is 163 cm³/mol. The minimum Gasteiger partial charge on any atom is -0.454 e. The second-order valence-corrected chi connectivity index (χ2v) is 11.0. The highest BCUT2D eigenvalue weighted by atomic mass is 16.5. The Morgan fingerprint density at radius 2 is 1.15 bits per heavy atom. The molecule has 1 spiro atoms. The molecule has 7 aromatic rings. The lowest BCUT2D eigenvalue weighted by Gasteiger charge is -2.39. The van der Waals surface area contributed by atoms with E-state index >= 15 is 0 Å². The maximum absolute atomic E-state index is 7.00. The van der Waals surface area contributed by atoms with E-state index in [0.29, 0.717) is 0 Å². The number of aryl methyl sites for hydroxylation is 1. The number of fused-ring (bicyclic) bond motifs is 13. The molecular weight excluding hydrogens is 486 g/mol. The zero-order chi connectivity index (χ0) is 26.4. The number of nitrogens with zero attached hydrogens (tertiary/aromatic N) is 1. The van der Waals surface area contributed by atoms with Gasteiger partial charge in [-0.25, -0.2) is 0 Å². The summed E-state index contributed by atoms with van der Waals surface area (Å²) in [5.41, 5.74) is 11.8. The van der Waals surface area contributed by atoms with Gasteiger partial charge in [-0.1, -0.05) is 115 Å². The van der Waals surface area contributed by atoms with E-state index in [0.717, 1.165) is 22.7 Å². The fourth-order valence-corrected chi connectivity index (χ4v) is 7.32. The first-order chi connectivity index (χ1) is 19.8. The van der Waals surface area contributed by atoms with Crippen LogP contribution in [-0.2, 0) is 5.41 Å². The van der Waals surface area contributed by atoms with Gasteiger partial charge in [-0.3, -0.25) is 0 Å². The molecule has 2 heterocycles. The van der Waals surface area contributed by atoms with Crippen LogP contribution >= 0.6 is 0 Å². The summed E-state index contributed by atoms with van der Waals surface area (Å²) >= 11 is 0. The van der Waals surface area contributed by atoms with Crippen molar-refractivity contribution in [2.24, 2.45) is 0 Å². The highest BCUT2D eigenvalue weighted by molar-refractivity contribution is 6.12. The quantitative estimate of drug-likeness (QED) is 0.214. The van der Waals surface area contributed by atoms with Gasteiger partial charge in [-0.2, -0.15) is 0 Å². The molecular formula is C38H25NO. The topological polar surface area (TPSA) is 14.2 Å². The smallest absolute Gasteiger partial charge is 0.156 e. The van der Waals surface area contributed by atoms with Gasteiger partial charge < -0.3 is 9.30 Å². The minimum atomic E-state index is -0.472. The molecule has 9 rings (SSSR count). The number of hydrogen-bond acceptors (Lipinski definition) is 1. The molecule has 0 saturated carbocycles. The number of benzene rings is 6. The molecule has 0 atom stereocenters. The van der Waals surface area contributed by atoms with Gasteiger partial charge in [-0.15, -0.1) is 0 Å². The molecule has 1 aliphatic carbocycles. The second-order valence-electron chi connectivity index (χ2n) is 11.0. The van der Waals surface area contributed by atoms with Gasteiger partial charge in [0.1, 0.15) is 5.75 Å². The third kappa shape index (κ3) is 2.58. The predicted octanol–water partition coefficient (Wildman–Crippen LogP) is 9.56. The molecule has 2 nitrogen and oxygen atoms in total. The Bertz CT molecular complexity index is 2100. The lowest BCUT2D eigenvalue weighted by atomic mass is 9.66. The Kier molecular flexibility index (Phi) is 4.22. The molecule has 188 valence electrons. The normalized spacial score (nSPS) is 14.0. The van der Waals surface area contributed by atoms with Crippen LogP contribution in [0.3, 0.4) is 0 Å². The number of rotatable bonds is 1. The summed E-state index contributed by atoms with van der Waals surface area (Å²) in [6.07, 6.45) is 0. The fourth-order valence-electron chi connectivity index (χ4n) is 7.32. The first kappa shape index (κ1) is 21.8. The lowest BCUT2D eigenvalue weighted by Crippen LogP contribution is -2.32. The standard InChI is InChI=1S/C38H25NO/c1-24-18-20-25(21-19-24)39-34-16-8-4-12-28(34)29-22-23-33-37(36(29)39)40-35-17-9-7-15-32(35)38(33)30-13-5-2-10-26(30)27-11-3-6-14-31(27)38/h2-23H,1H3. The Morgan fingerprint density at radius 1 is 0.525 bits per heavy atom. The molecule has 0 radical (unpaired) electrons. The van der Waals surface area contributed by atoms with E-state index in [1.165, 1.54) is 55.2 Å². The van der Waals surface area contributed by atoms with Crippen molar-refractivity contribution in [1.29, 1.82) is 0 Å². The Hall–Kier alpha value is -5.08. The maximum atomic E-state index is 7.00. The zero-order valence-corrected chi connectivity index (χ0v) is 22.1. The van der Waals surface area contributed by atoms with E-state index in [2.05, 4.69) is 145 Å². The molecule has 0 fully saturated rings. The van der Waals surface area contributed by atoms with Crippen LogP contribution in [-0.4, -0.2) is 4.57 Å². The first-order valence-corrected chi connectivity index (χ1v) is 13.9. The van der Waals surface area contributed by atoms with Crippen molar-refractivity contribution in [1.82, 2.24) is 4.57 Å². The van der Waals surface area contributed by atoms with E-state index in [9.17, 15) is 0 Å². The Morgan fingerprint density at radius 3 is 1.90 bits per heavy atom. The van der Waals surface area contributed by atoms with Gasteiger partial charge in [0, 0.05) is 27.6 Å². The van der Waals surface area contributed by atoms with Crippen molar-refractivity contribution in [3.63, 3.8) is 0 Å². The van der Waals surface area contributed by atoms with Crippen molar-refractivity contribution in [2.75, 3.05) is 0 Å². The molecule has 2 heteroatoms. The van der Waals surface area contributed by atoms with Crippen LogP contribution in [0.15, 0.2) is 133 Å². The summed E-state index contributed by atoms with van der Waals surface area (Å²) in [5.74, 6) is 1.84. The number of para-hydroxylation sites is 2. The van der Waals surface area contributed by atoms with Crippen LogP contribution in [0.5, 0.6) is 11.5 Å². The molecule has 1 aliphatic heterocycles. The zero-order valence-electron chi connectivity index (χ0n) is 22.1. The summed E-state index contributed by atoms with van der Waals surface area (Å²) in [6, 6.07) is 48.5. The number of hydrogen-bond donors (Lipinski definition) is 0. The Labute approximate surface area is 232 Å². The first-order valence-electron chi connectivity index (χ1n) is 13.9. The van der Waals surface area contributed by atoms with Crippen LogP contribution in [0.25, 0.3) is 38.6 Å². The largest absolute Gasteiger partial charge is 0.454 e. The molecule has 0 amide bonds. The third-order valence-corrected chi connectivity index (χ3v) is 8.94. The third-order valence-electron chi connectivity index (χ3n) is 8.94. The van der Waals surface area contributed by atoms with Crippen LogP contribution in [0.2, 0.25) is 0 Å². The van der Waals surface area contributed by atoms with Crippen LogP contribution in [0, 0.1) is 6.92 Å². The molecule has 40 heavy (non-hydrogen) atoms. The van der Waals surface area contributed by atoms with Gasteiger partial charge in [-0.05, 0) is 53.4 Å². The molecule has 6 aromatic carbocycles. The summed E-state index contributed by atoms with van der Waals surface area (Å²) in [7, 11) is 0. The summed E-state index contributed by atoms with van der Waals surface area (Å²) in [6.45, 7) is 2.14. The van der Waals surface area contributed by atoms with Crippen LogP contribution in [0.4, 0.5) is 0 Å². The monoisotopic (exact) mass is 511 g/mol. The maximum Gasteiger partial charge on any atom is 0.156 e. The van der Waals surface area contributed by atoms with E-state index in [1.54, 1.807) is 0 Å². The van der Waals surface area contributed by atoms with E-state index in [-0.39, 0.29) is 0 Å². The molecule has 0 bridgehead atoms. The average Bonchev–Trinajstić information content (AvgIpc) is 3.50. The van der Waals surface area contributed by atoms with Crippen LogP contribution in [0.1, 0.15) is 27.8 Å². The van der Waals surface area contributed by atoms with Gasteiger partial charge in [0.15, 0.2) is 5.75 Å². The van der Waals surface area contributed by atoms with E-state index in [1.807, 2.05) is 0 Å². The summed E-state index contributed by atoms with van der Waals surface area (Å²) in [5, 5.41) is 2.42. The lowest BCUT2D eigenvalue weighted by molar-refractivity contribution is 0.440. The Balaban J connectivity index is 1.50. The van der Waals surface area contributed by atoms with Crippen molar-refractivity contribution in [3.8, 4) is 28.3 Å². The van der Waals surface area contributed by atoms with Crippen LogP contribution < -0.4 is 4.74 Å². The number of ether oxygens (including phenoxy) is 1. The van der Waals surface area contributed by atoms with Gasteiger partial charge in [0.25, 0.3) is 0 Å². The van der Waals surface area contributed by atoms with Crippen molar-refractivity contribution in [2.45, 2.75) is 12.3 Å². The van der Waals surface area contributed by atoms with Crippen molar-refractivity contribution < 1.29 is 4.74 Å². The van der Waals surface area contributed by atoms with Crippen molar-refractivity contribution in [3.05, 3.63) is 161 Å². The summed E-state index contributed by atoms with van der Waals surface area (Å²) < 4.78 is 9.39. The molecule has 0 N–H and O–H groups in total. The SMILES string of the molecule is Cc1ccc(-n2c3ccccc3c3ccc4c(c32)Oc2ccccc2C42c3ccccc3-c3ccccc32)cc1. The molecule has 2 aliphatic rings. The van der Waals surface area contributed by atoms with Gasteiger partial charge >= 0.3 is 0 Å². The second kappa shape index (κ2) is 7.74. The molecule has 0 unspecified atom stereocenters. The number of aromatic nitrogens is 1. The fraction of sp³-hybridized carbons (Fsp3) is 0.0526. The molecule has 1 aromatic heterocycles. The minimum absolute atomic E-state index is 0.472. The van der Waals surface area contributed by atoms with E-state index < -0.39 is 5.41 Å². The highest BCUT2D eigenvalue weighted by Crippen LogP contribution is 2.63. The molecule has 0 saturated heterocycles.